The number of amides is 2. The number of hydrazine groups is 1. The zero-order valence-electron chi connectivity index (χ0n) is 20.5. The first-order valence-corrected chi connectivity index (χ1v) is 11.6. The number of nitrogens with one attached hydrogen (secondary N) is 2. The van der Waals surface area contributed by atoms with Gasteiger partial charge in [0.25, 0.3) is 5.91 Å². The summed E-state index contributed by atoms with van der Waals surface area (Å²) in [7, 11) is 1.77. The number of rotatable bonds is 10. The monoisotopic (exact) mass is 462 g/mol. The molecule has 0 spiro atoms. The summed E-state index contributed by atoms with van der Waals surface area (Å²) >= 11 is 0. The molecule has 1 aliphatic rings. The van der Waals surface area contributed by atoms with Gasteiger partial charge in [-0.1, -0.05) is 44.2 Å². The lowest BCUT2D eigenvalue weighted by molar-refractivity contribution is -0.145. The number of fused-ring (bicyclic) bond motifs is 1. The summed E-state index contributed by atoms with van der Waals surface area (Å²) in [6.45, 7) is 8.58. The first-order valence-electron chi connectivity index (χ1n) is 11.6. The number of benzene rings is 2. The average Bonchev–Trinajstić information content (AvgIpc) is 3.25. The molecule has 2 N–H and O–H groups in total. The second-order valence-corrected chi connectivity index (χ2v) is 8.94. The molecule has 0 bridgehead atoms. The van der Waals surface area contributed by atoms with Gasteiger partial charge in [-0.15, -0.1) is 0 Å². The van der Waals surface area contributed by atoms with Crippen molar-refractivity contribution < 1.29 is 9.59 Å². The Morgan fingerprint density at radius 1 is 1.09 bits per heavy atom. The Balaban J connectivity index is 1.71. The van der Waals surface area contributed by atoms with Crippen LogP contribution < -0.4 is 15.5 Å². The molecule has 8 nitrogen and oxygen atoms in total. The standard InChI is InChI=1S/C26H34N6O2/c1-19(2)28-11-12-29-25(33)17-31(24-13-21(14-27)10-9-20(24)3)18-26(34)30(4)32-15-22-7-5-6-8-23(22)16-32/h5-10,13,19,28H,11-12,15-18H2,1-4H3,(H,29,33). The lowest BCUT2D eigenvalue weighted by Gasteiger charge is -2.32. The van der Waals surface area contributed by atoms with Crippen LogP contribution in [0, 0.1) is 18.3 Å². The van der Waals surface area contributed by atoms with Gasteiger partial charge >= 0.3 is 0 Å². The fourth-order valence-corrected chi connectivity index (χ4v) is 3.99. The van der Waals surface area contributed by atoms with Crippen molar-refractivity contribution in [3.8, 4) is 6.07 Å². The molecular weight excluding hydrogens is 428 g/mol. The molecule has 0 radical (unpaired) electrons. The Kier molecular flexibility index (Phi) is 8.63. The second kappa shape index (κ2) is 11.6. The van der Waals surface area contributed by atoms with E-state index in [-0.39, 0.29) is 24.9 Å². The second-order valence-electron chi connectivity index (χ2n) is 8.94. The number of anilines is 1. The van der Waals surface area contributed by atoms with Crippen LogP contribution >= 0.6 is 0 Å². The molecule has 8 heteroatoms. The first kappa shape index (κ1) is 25.2. The summed E-state index contributed by atoms with van der Waals surface area (Å²) in [6, 6.07) is 16.0. The van der Waals surface area contributed by atoms with Crippen molar-refractivity contribution in [2.75, 3.05) is 38.1 Å². The van der Waals surface area contributed by atoms with E-state index < -0.39 is 0 Å². The van der Waals surface area contributed by atoms with Crippen LogP contribution in [0.1, 0.15) is 36.1 Å². The lowest BCUT2D eigenvalue weighted by Crippen LogP contribution is -2.48. The van der Waals surface area contributed by atoms with Gasteiger partial charge in [-0.2, -0.15) is 5.26 Å². The number of likely N-dealkylation sites (N-methyl/N-ethyl adjacent to an activating group) is 1. The normalized spacial score (nSPS) is 12.8. The first-order chi connectivity index (χ1) is 16.3. The van der Waals surface area contributed by atoms with Crippen LogP contribution in [0.2, 0.25) is 0 Å². The highest BCUT2D eigenvalue weighted by Gasteiger charge is 2.27. The molecule has 180 valence electrons. The largest absolute Gasteiger partial charge is 0.353 e. The maximum absolute atomic E-state index is 13.3. The van der Waals surface area contributed by atoms with E-state index in [0.717, 1.165) is 5.56 Å². The number of aryl methyl sites for hydroxylation is 1. The van der Waals surface area contributed by atoms with E-state index in [2.05, 4.69) is 42.7 Å². The third-order valence-corrected chi connectivity index (χ3v) is 5.95. The fourth-order valence-electron chi connectivity index (χ4n) is 3.99. The highest BCUT2D eigenvalue weighted by atomic mass is 16.2. The number of hydrogen-bond acceptors (Lipinski definition) is 6. The Morgan fingerprint density at radius 3 is 2.38 bits per heavy atom. The smallest absolute Gasteiger partial charge is 0.256 e. The predicted molar refractivity (Wildman–Crippen MR) is 133 cm³/mol. The Hall–Kier alpha value is -3.41. The molecular formula is C26H34N6O2. The lowest BCUT2D eigenvalue weighted by atomic mass is 10.1. The molecule has 2 aromatic rings. The molecule has 2 amide bonds. The molecule has 2 aromatic carbocycles. The van der Waals surface area contributed by atoms with Gasteiger partial charge in [0, 0.05) is 45.0 Å². The molecule has 34 heavy (non-hydrogen) atoms. The van der Waals surface area contributed by atoms with E-state index >= 15 is 0 Å². The molecule has 0 saturated carbocycles. The summed E-state index contributed by atoms with van der Waals surface area (Å²) in [4.78, 5) is 27.7. The number of hydrogen-bond donors (Lipinski definition) is 2. The van der Waals surface area contributed by atoms with Crippen molar-refractivity contribution in [1.29, 1.82) is 5.26 Å². The van der Waals surface area contributed by atoms with E-state index in [1.807, 2.05) is 30.1 Å². The zero-order chi connectivity index (χ0) is 24.7. The van der Waals surface area contributed by atoms with Gasteiger partial charge in [-0.3, -0.25) is 14.6 Å². The average molecular weight is 463 g/mol. The number of nitrogens with zero attached hydrogens (tertiary/aromatic N) is 4. The molecule has 0 saturated heterocycles. The number of carbonyl (C=O) groups excluding carboxylic acids is 2. The van der Waals surface area contributed by atoms with Crippen molar-refractivity contribution in [2.45, 2.75) is 39.9 Å². The SMILES string of the molecule is Cc1ccc(C#N)cc1N(CC(=O)NCCNC(C)C)CC(=O)N(C)N1Cc2ccccc2C1. The van der Waals surface area contributed by atoms with Gasteiger partial charge in [0.05, 0.1) is 24.7 Å². The molecule has 0 aromatic heterocycles. The van der Waals surface area contributed by atoms with Crippen LogP contribution in [0.15, 0.2) is 42.5 Å². The summed E-state index contributed by atoms with van der Waals surface area (Å²) in [5, 5.41) is 19.2. The van der Waals surface area contributed by atoms with E-state index in [1.54, 1.807) is 29.1 Å². The van der Waals surface area contributed by atoms with Crippen molar-refractivity contribution in [1.82, 2.24) is 20.7 Å². The summed E-state index contributed by atoms with van der Waals surface area (Å²) in [5.41, 5.74) is 4.53. The molecule has 0 aliphatic carbocycles. The molecule has 0 atom stereocenters. The van der Waals surface area contributed by atoms with Gasteiger partial charge < -0.3 is 15.5 Å². The summed E-state index contributed by atoms with van der Waals surface area (Å²) in [5.74, 6) is -0.291. The minimum atomic E-state index is -0.170. The van der Waals surface area contributed by atoms with E-state index in [4.69, 9.17) is 0 Å². The fraction of sp³-hybridized carbons (Fsp3) is 0.423. The van der Waals surface area contributed by atoms with Gasteiger partial charge in [-0.05, 0) is 35.7 Å². The molecule has 0 fully saturated rings. The minimum Gasteiger partial charge on any atom is -0.353 e. The summed E-state index contributed by atoms with van der Waals surface area (Å²) < 4.78 is 0. The van der Waals surface area contributed by atoms with Crippen LogP contribution in [0.3, 0.4) is 0 Å². The molecule has 1 heterocycles. The quantitative estimate of drug-likeness (QED) is 0.526. The van der Waals surface area contributed by atoms with Crippen LogP contribution in [0.5, 0.6) is 0 Å². The maximum Gasteiger partial charge on any atom is 0.256 e. The molecule has 1 aliphatic heterocycles. The third-order valence-electron chi connectivity index (χ3n) is 5.95. The van der Waals surface area contributed by atoms with E-state index in [1.165, 1.54) is 11.1 Å². The van der Waals surface area contributed by atoms with Crippen LogP contribution in [-0.2, 0) is 22.7 Å². The van der Waals surface area contributed by atoms with Crippen molar-refractivity contribution in [3.63, 3.8) is 0 Å². The number of nitriles is 1. The van der Waals surface area contributed by atoms with Crippen LogP contribution in [0.25, 0.3) is 0 Å². The van der Waals surface area contributed by atoms with Gasteiger partial charge in [0.2, 0.25) is 5.91 Å². The highest BCUT2D eigenvalue weighted by Crippen LogP contribution is 2.25. The molecule has 0 unspecified atom stereocenters. The third kappa shape index (κ3) is 6.56. The minimum absolute atomic E-state index is 0.0245. The van der Waals surface area contributed by atoms with E-state index in [0.29, 0.717) is 43.5 Å². The van der Waals surface area contributed by atoms with Crippen molar-refractivity contribution in [3.05, 3.63) is 64.7 Å². The maximum atomic E-state index is 13.3. The zero-order valence-corrected chi connectivity index (χ0v) is 20.5. The predicted octanol–water partition coefficient (Wildman–Crippen LogP) is 2.18. The topological polar surface area (TPSA) is 91.7 Å². The summed E-state index contributed by atoms with van der Waals surface area (Å²) in [6.07, 6.45) is 0. The van der Waals surface area contributed by atoms with E-state index in [9.17, 15) is 14.9 Å². The van der Waals surface area contributed by atoms with Crippen molar-refractivity contribution >= 4 is 17.5 Å². The Labute approximate surface area is 202 Å². The van der Waals surface area contributed by atoms with Crippen molar-refractivity contribution in [2.24, 2.45) is 0 Å². The van der Waals surface area contributed by atoms with Crippen LogP contribution in [-0.4, -0.2) is 61.1 Å². The highest BCUT2D eigenvalue weighted by molar-refractivity contribution is 5.86. The number of carbonyl (C=O) groups is 2. The Morgan fingerprint density at radius 2 is 1.76 bits per heavy atom. The molecule has 3 rings (SSSR count). The van der Waals surface area contributed by atoms with Gasteiger partial charge in [-0.25, -0.2) is 5.01 Å². The van der Waals surface area contributed by atoms with Gasteiger partial charge in [0.15, 0.2) is 0 Å². The Bertz CT molecular complexity index is 1040. The van der Waals surface area contributed by atoms with Gasteiger partial charge in [0.1, 0.15) is 0 Å². The van der Waals surface area contributed by atoms with Crippen LogP contribution in [0.4, 0.5) is 5.69 Å².